The molecule has 9 nitrogen and oxygen atoms in total. The van der Waals surface area contributed by atoms with Crippen LogP contribution in [0.5, 0.6) is 0 Å². The number of nitrogens with zero attached hydrogens (tertiary/aromatic N) is 3. The summed E-state index contributed by atoms with van der Waals surface area (Å²) in [5, 5.41) is 3.75. The predicted octanol–water partition coefficient (Wildman–Crippen LogP) is 5.57. The SMILES string of the molecule is CC(C)(C)OC(=O)N1CC(OCCNc2cccc(SNC(=O)c3ccc(C(C)(C)C)nc3F)n2)CC1(C)C. The second-order valence-electron chi connectivity index (χ2n) is 12.2. The van der Waals surface area contributed by atoms with Gasteiger partial charge in [-0.25, -0.2) is 14.8 Å². The van der Waals surface area contributed by atoms with Crippen molar-refractivity contribution in [2.45, 2.75) is 89.5 Å². The van der Waals surface area contributed by atoms with Gasteiger partial charge in [0, 0.05) is 35.1 Å². The van der Waals surface area contributed by atoms with Crippen LogP contribution >= 0.6 is 11.9 Å². The highest BCUT2D eigenvalue weighted by Crippen LogP contribution is 2.32. The van der Waals surface area contributed by atoms with E-state index in [4.69, 9.17) is 9.47 Å². The molecule has 0 bridgehead atoms. The first-order chi connectivity index (χ1) is 18.0. The fraction of sp³-hybridized carbons (Fsp3) is 0.571. The molecule has 2 aromatic rings. The second kappa shape index (κ2) is 12.1. The van der Waals surface area contributed by atoms with E-state index in [0.29, 0.717) is 42.7 Å². The molecule has 0 radical (unpaired) electrons. The molecular weight excluding hydrogens is 521 g/mol. The fourth-order valence-corrected chi connectivity index (χ4v) is 4.68. The zero-order valence-electron chi connectivity index (χ0n) is 24.1. The van der Waals surface area contributed by atoms with Crippen molar-refractivity contribution >= 4 is 29.8 Å². The van der Waals surface area contributed by atoms with Crippen LogP contribution in [0, 0.1) is 5.95 Å². The fourth-order valence-electron chi connectivity index (χ4n) is 4.08. The number of hydrogen-bond acceptors (Lipinski definition) is 8. The summed E-state index contributed by atoms with van der Waals surface area (Å²) in [4.78, 5) is 35.2. The van der Waals surface area contributed by atoms with Crippen LogP contribution in [0.25, 0.3) is 0 Å². The van der Waals surface area contributed by atoms with Gasteiger partial charge >= 0.3 is 6.09 Å². The van der Waals surface area contributed by atoms with Gasteiger partial charge < -0.3 is 19.7 Å². The molecule has 11 heteroatoms. The van der Waals surface area contributed by atoms with E-state index in [1.807, 2.05) is 67.5 Å². The highest BCUT2D eigenvalue weighted by atomic mass is 32.2. The smallest absolute Gasteiger partial charge is 0.410 e. The van der Waals surface area contributed by atoms with Gasteiger partial charge in [-0.15, -0.1) is 0 Å². The lowest BCUT2D eigenvalue weighted by Gasteiger charge is -2.33. The largest absolute Gasteiger partial charge is 0.444 e. The minimum atomic E-state index is -0.802. The molecular formula is C28H40FN5O4S. The Kier molecular flexibility index (Phi) is 9.48. The highest BCUT2D eigenvalue weighted by molar-refractivity contribution is 7.97. The van der Waals surface area contributed by atoms with Gasteiger partial charge in [0.1, 0.15) is 16.4 Å². The molecule has 2 amide bonds. The Hall–Kier alpha value is -2.92. The Balaban J connectivity index is 1.46. The molecule has 0 aromatic carbocycles. The van der Waals surface area contributed by atoms with Crippen LogP contribution in [0.1, 0.15) is 77.9 Å². The average Bonchev–Trinajstić information content (AvgIpc) is 3.13. The van der Waals surface area contributed by atoms with E-state index >= 15 is 0 Å². The number of anilines is 1. The number of carbonyl (C=O) groups is 2. The van der Waals surface area contributed by atoms with Crippen LogP contribution < -0.4 is 10.0 Å². The number of halogens is 1. The molecule has 0 spiro atoms. The molecule has 3 rings (SSSR count). The molecule has 1 aliphatic heterocycles. The van der Waals surface area contributed by atoms with E-state index in [2.05, 4.69) is 20.0 Å². The Morgan fingerprint density at radius 1 is 1.13 bits per heavy atom. The monoisotopic (exact) mass is 561 g/mol. The van der Waals surface area contributed by atoms with Crippen LogP contribution in [0.15, 0.2) is 35.4 Å². The Bertz CT molecular complexity index is 1180. The number of aromatic nitrogens is 2. The van der Waals surface area contributed by atoms with Gasteiger partial charge in [-0.3, -0.25) is 9.52 Å². The lowest BCUT2D eigenvalue weighted by molar-refractivity contribution is 0.0105. The van der Waals surface area contributed by atoms with Gasteiger partial charge in [-0.1, -0.05) is 26.8 Å². The van der Waals surface area contributed by atoms with E-state index in [1.54, 1.807) is 17.0 Å². The first kappa shape index (κ1) is 30.6. The molecule has 1 aliphatic rings. The van der Waals surface area contributed by atoms with Crippen molar-refractivity contribution in [1.82, 2.24) is 19.6 Å². The first-order valence-electron chi connectivity index (χ1n) is 13.0. The molecule has 39 heavy (non-hydrogen) atoms. The third kappa shape index (κ3) is 8.79. The minimum Gasteiger partial charge on any atom is -0.444 e. The highest BCUT2D eigenvalue weighted by Gasteiger charge is 2.43. The Morgan fingerprint density at radius 3 is 2.49 bits per heavy atom. The number of carbonyl (C=O) groups excluding carboxylic acids is 2. The molecule has 3 heterocycles. The number of pyridine rings is 2. The Labute approximate surface area is 234 Å². The summed E-state index contributed by atoms with van der Waals surface area (Å²) in [6, 6.07) is 8.47. The van der Waals surface area contributed by atoms with E-state index in [-0.39, 0.29) is 28.7 Å². The van der Waals surface area contributed by atoms with Gasteiger partial charge in [0.15, 0.2) is 0 Å². The summed E-state index contributed by atoms with van der Waals surface area (Å²) in [5.41, 5.74) is -0.774. The van der Waals surface area contributed by atoms with Crippen molar-refractivity contribution in [2.24, 2.45) is 0 Å². The first-order valence-corrected chi connectivity index (χ1v) is 13.8. The van der Waals surface area contributed by atoms with Crippen molar-refractivity contribution < 1.29 is 23.5 Å². The van der Waals surface area contributed by atoms with E-state index < -0.39 is 17.5 Å². The quantitative estimate of drug-likeness (QED) is 0.245. The van der Waals surface area contributed by atoms with Crippen molar-refractivity contribution in [3.63, 3.8) is 0 Å². The van der Waals surface area contributed by atoms with Crippen LogP contribution in [0.2, 0.25) is 0 Å². The Morgan fingerprint density at radius 2 is 1.85 bits per heavy atom. The second-order valence-corrected chi connectivity index (χ2v) is 13.0. The van der Waals surface area contributed by atoms with Crippen molar-refractivity contribution in [3.05, 3.63) is 47.5 Å². The van der Waals surface area contributed by atoms with Crippen LogP contribution in [-0.4, -0.2) is 63.8 Å². The maximum Gasteiger partial charge on any atom is 0.410 e. The molecule has 0 saturated carbocycles. The van der Waals surface area contributed by atoms with E-state index in [9.17, 15) is 14.0 Å². The lowest BCUT2D eigenvalue weighted by Crippen LogP contribution is -2.45. The number of rotatable bonds is 8. The van der Waals surface area contributed by atoms with Crippen LogP contribution in [0.4, 0.5) is 15.0 Å². The van der Waals surface area contributed by atoms with Crippen molar-refractivity contribution in [3.8, 4) is 0 Å². The summed E-state index contributed by atoms with van der Waals surface area (Å²) in [5.74, 6) is -0.773. The van der Waals surface area contributed by atoms with Gasteiger partial charge in [-0.2, -0.15) is 4.39 Å². The molecule has 2 N–H and O–H groups in total. The standard InChI is InChI=1S/C28H40FN5O4S/c1-26(2,3)20-13-12-19(23(29)31-20)24(35)33-39-22-11-9-10-21(32-22)30-14-15-37-18-16-28(7,8)34(17-18)25(36)38-27(4,5)6/h9-13,18H,14-17H2,1-8H3,(H,30,32)(H,33,35). The van der Waals surface area contributed by atoms with E-state index in [0.717, 1.165) is 11.9 Å². The van der Waals surface area contributed by atoms with E-state index in [1.165, 1.54) is 6.07 Å². The third-order valence-electron chi connectivity index (χ3n) is 6.05. The predicted molar refractivity (Wildman–Crippen MR) is 150 cm³/mol. The number of hydrogen-bond donors (Lipinski definition) is 2. The zero-order valence-corrected chi connectivity index (χ0v) is 24.9. The number of likely N-dealkylation sites (tertiary alicyclic amines) is 1. The van der Waals surface area contributed by atoms with Gasteiger partial charge in [0.05, 0.1) is 24.8 Å². The zero-order chi connectivity index (χ0) is 29.0. The number of amides is 2. The van der Waals surface area contributed by atoms with Crippen LogP contribution in [-0.2, 0) is 14.9 Å². The lowest BCUT2D eigenvalue weighted by atomic mass is 9.91. The molecule has 1 fully saturated rings. The van der Waals surface area contributed by atoms with Gasteiger partial charge in [-0.05, 0) is 65.3 Å². The summed E-state index contributed by atoms with van der Waals surface area (Å²) < 4.78 is 28.6. The topological polar surface area (TPSA) is 106 Å². The molecule has 1 unspecified atom stereocenters. The number of nitrogens with one attached hydrogen (secondary N) is 2. The summed E-state index contributed by atoms with van der Waals surface area (Å²) in [6.45, 7) is 16.8. The maximum atomic E-state index is 14.4. The molecule has 214 valence electrons. The van der Waals surface area contributed by atoms with Gasteiger partial charge in [0.25, 0.3) is 5.91 Å². The normalized spacial score (nSPS) is 17.2. The molecule has 0 aliphatic carbocycles. The van der Waals surface area contributed by atoms with Gasteiger partial charge in [0.2, 0.25) is 5.95 Å². The third-order valence-corrected chi connectivity index (χ3v) is 6.78. The maximum absolute atomic E-state index is 14.4. The van der Waals surface area contributed by atoms with Crippen molar-refractivity contribution in [1.29, 1.82) is 0 Å². The molecule has 1 atom stereocenters. The minimum absolute atomic E-state index is 0.0910. The van der Waals surface area contributed by atoms with Crippen molar-refractivity contribution in [2.75, 3.05) is 25.0 Å². The molecule has 1 saturated heterocycles. The average molecular weight is 562 g/mol. The summed E-state index contributed by atoms with van der Waals surface area (Å²) in [6.07, 6.45) is 0.292. The van der Waals surface area contributed by atoms with Crippen LogP contribution in [0.3, 0.4) is 0 Å². The summed E-state index contributed by atoms with van der Waals surface area (Å²) >= 11 is 0.996. The number of ether oxygens (including phenoxy) is 2. The molecule has 2 aromatic heterocycles. The summed E-state index contributed by atoms with van der Waals surface area (Å²) in [7, 11) is 0.